The maximum absolute atomic E-state index is 13.3. The van der Waals surface area contributed by atoms with Crippen LogP contribution in [0.3, 0.4) is 0 Å². The van der Waals surface area contributed by atoms with Crippen LogP contribution >= 0.6 is 23.4 Å². The van der Waals surface area contributed by atoms with Crippen LogP contribution in [0.5, 0.6) is 0 Å². The van der Waals surface area contributed by atoms with Crippen molar-refractivity contribution >= 4 is 23.4 Å². The minimum absolute atomic E-state index is 0.311. The number of aliphatic hydroxyl groups is 1. The molecule has 0 aliphatic carbocycles. The fourth-order valence-electron chi connectivity index (χ4n) is 1.44. The summed E-state index contributed by atoms with van der Waals surface area (Å²) in [5, 5.41) is 9.91. The summed E-state index contributed by atoms with van der Waals surface area (Å²) in [6, 6.07) is 2.93. The van der Waals surface area contributed by atoms with Crippen LogP contribution in [-0.4, -0.2) is 10.9 Å². The van der Waals surface area contributed by atoms with Crippen LogP contribution < -0.4 is 0 Å². The van der Waals surface area contributed by atoms with E-state index in [1.165, 1.54) is 17.8 Å². The molecular formula is C9H8ClFOS. The summed E-state index contributed by atoms with van der Waals surface area (Å²) in [7, 11) is 0. The minimum atomic E-state index is -0.582. The fraction of sp³-hybridized carbons (Fsp3) is 0.333. The summed E-state index contributed by atoms with van der Waals surface area (Å²) in [5.74, 6) is 0.927. The Morgan fingerprint density at radius 3 is 3.08 bits per heavy atom. The first-order valence-corrected chi connectivity index (χ1v) is 5.45. The Bertz CT molecular complexity index is 343. The third-order valence-corrected chi connectivity index (χ3v) is 3.34. The van der Waals surface area contributed by atoms with Gasteiger partial charge in [0, 0.05) is 22.1 Å². The lowest BCUT2D eigenvalue weighted by atomic mass is 10.0. The predicted molar refractivity (Wildman–Crippen MR) is 52.5 cm³/mol. The molecule has 1 aliphatic rings. The molecule has 1 N–H and O–H groups in total. The molecule has 70 valence electrons. The zero-order valence-corrected chi connectivity index (χ0v) is 8.33. The maximum atomic E-state index is 13.3. The van der Waals surface area contributed by atoms with Gasteiger partial charge < -0.3 is 5.11 Å². The second-order valence-corrected chi connectivity index (χ2v) is 4.45. The summed E-state index contributed by atoms with van der Waals surface area (Å²) >= 11 is 7.22. The van der Waals surface area contributed by atoms with Crippen molar-refractivity contribution in [1.29, 1.82) is 0 Å². The summed E-state index contributed by atoms with van der Waals surface area (Å²) in [4.78, 5) is 0. The van der Waals surface area contributed by atoms with Crippen LogP contribution in [0.15, 0.2) is 12.1 Å². The maximum Gasteiger partial charge on any atom is 0.129 e. The van der Waals surface area contributed by atoms with Crippen LogP contribution in [0.1, 0.15) is 17.2 Å². The van der Waals surface area contributed by atoms with E-state index in [0.717, 1.165) is 0 Å². The Labute approximate surface area is 84.9 Å². The van der Waals surface area contributed by atoms with Gasteiger partial charge in [-0.05, 0) is 17.7 Å². The number of thioether (sulfide) groups is 1. The van der Waals surface area contributed by atoms with Gasteiger partial charge in [-0.2, -0.15) is 11.8 Å². The summed E-state index contributed by atoms with van der Waals surface area (Å²) in [6.07, 6.45) is -0.582. The first-order chi connectivity index (χ1) is 6.18. The third kappa shape index (κ3) is 1.68. The number of benzene rings is 1. The third-order valence-electron chi connectivity index (χ3n) is 2.08. The molecule has 1 nitrogen and oxygen atoms in total. The van der Waals surface area contributed by atoms with Crippen molar-refractivity contribution < 1.29 is 9.50 Å². The SMILES string of the molecule is O[C@@H]1CSCc2c(F)cc(Cl)cc21. The summed E-state index contributed by atoms with van der Waals surface area (Å²) in [6.45, 7) is 0. The molecule has 0 amide bonds. The van der Waals surface area contributed by atoms with Crippen LogP contribution in [0.25, 0.3) is 0 Å². The molecule has 1 heterocycles. The van der Waals surface area contributed by atoms with E-state index in [1.54, 1.807) is 6.07 Å². The van der Waals surface area contributed by atoms with Gasteiger partial charge in [-0.3, -0.25) is 0 Å². The molecule has 4 heteroatoms. The molecule has 13 heavy (non-hydrogen) atoms. The smallest absolute Gasteiger partial charge is 0.129 e. The van der Waals surface area contributed by atoms with E-state index >= 15 is 0 Å². The van der Waals surface area contributed by atoms with Crippen molar-refractivity contribution in [3.05, 3.63) is 34.1 Å². The Morgan fingerprint density at radius 2 is 2.31 bits per heavy atom. The van der Waals surface area contributed by atoms with E-state index < -0.39 is 6.10 Å². The van der Waals surface area contributed by atoms with E-state index in [1.807, 2.05) is 0 Å². The van der Waals surface area contributed by atoms with Crippen molar-refractivity contribution in [3.63, 3.8) is 0 Å². The second-order valence-electron chi connectivity index (χ2n) is 2.99. The summed E-state index contributed by atoms with van der Waals surface area (Å²) < 4.78 is 13.3. The molecule has 0 aromatic heterocycles. The number of halogens is 2. The van der Waals surface area contributed by atoms with Crippen molar-refractivity contribution in [2.45, 2.75) is 11.9 Å². The number of hydrogen-bond acceptors (Lipinski definition) is 2. The highest BCUT2D eigenvalue weighted by Gasteiger charge is 2.21. The number of hydrogen-bond donors (Lipinski definition) is 1. The topological polar surface area (TPSA) is 20.2 Å². The molecule has 1 aromatic carbocycles. The van der Waals surface area contributed by atoms with Gasteiger partial charge in [0.2, 0.25) is 0 Å². The van der Waals surface area contributed by atoms with E-state index in [0.29, 0.717) is 27.7 Å². The molecule has 1 aliphatic heterocycles. The lowest BCUT2D eigenvalue weighted by molar-refractivity contribution is 0.201. The van der Waals surface area contributed by atoms with Crippen LogP contribution in [0, 0.1) is 5.82 Å². The van der Waals surface area contributed by atoms with Gasteiger partial charge in [0.1, 0.15) is 5.82 Å². The molecule has 0 bridgehead atoms. The van der Waals surface area contributed by atoms with Crippen LogP contribution in [0.4, 0.5) is 4.39 Å². The molecular weight excluding hydrogens is 211 g/mol. The largest absolute Gasteiger partial charge is 0.388 e. The first kappa shape index (κ1) is 9.31. The Hall–Kier alpha value is -0.250. The predicted octanol–water partition coefficient (Wildman–Crippen LogP) is 2.76. The zero-order chi connectivity index (χ0) is 9.42. The average molecular weight is 219 g/mol. The lowest BCUT2D eigenvalue weighted by Crippen LogP contribution is -2.11. The van der Waals surface area contributed by atoms with Crippen molar-refractivity contribution in [2.24, 2.45) is 0 Å². The van der Waals surface area contributed by atoms with Gasteiger partial charge in [-0.15, -0.1) is 0 Å². The summed E-state index contributed by atoms with van der Waals surface area (Å²) in [5.41, 5.74) is 1.23. The zero-order valence-electron chi connectivity index (χ0n) is 6.76. The van der Waals surface area contributed by atoms with Crippen molar-refractivity contribution in [2.75, 3.05) is 5.75 Å². The van der Waals surface area contributed by atoms with Gasteiger partial charge in [0.15, 0.2) is 0 Å². The molecule has 1 aromatic rings. The van der Waals surface area contributed by atoms with Gasteiger partial charge >= 0.3 is 0 Å². The van der Waals surface area contributed by atoms with Gasteiger partial charge in [0.25, 0.3) is 0 Å². The molecule has 1 atom stereocenters. The fourth-order valence-corrected chi connectivity index (χ4v) is 2.68. The second kappa shape index (κ2) is 3.48. The lowest BCUT2D eigenvalue weighted by Gasteiger charge is -2.21. The number of rotatable bonds is 0. The van der Waals surface area contributed by atoms with Crippen LogP contribution in [-0.2, 0) is 5.75 Å². The molecule has 0 saturated heterocycles. The number of aliphatic hydroxyl groups excluding tert-OH is 1. The van der Waals surface area contributed by atoms with E-state index in [4.69, 9.17) is 11.6 Å². The average Bonchev–Trinajstić information content (AvgIpc) is 2.07. The first-order valence-electron chi connectivity index (χ1n) is 3.92. The molecule has 0 unspecified atom stereocenters. The van der Waals surface area contributed by atoms with Crippen molar-refractivity contribution in [1.82, 2.24) is 0 Å². The van der Waals surface area contributed by atoms with Gasteiger partial charge in [-0.25, -0.2) is 4.39 Å². The highest BCUT2D eigenvalue weighted by atomic mass is 35.5. The van der Waals surface area contributed by atoms with E-state index in [2.05, 4.69) is 0 Å². The Balaban J connectivity index is 2.56. The molecule has 0 radical (unpaired) electrons. The van der Waals surface area contributed by atoms with E-state index in [-0.39, 0.29) is 5.82 Å². The quantitative estimate of drug-likeness (QED) is 0.723. The molecule has 2 rings (SSSR count). The Morgan fingerprint density at radius 1 is 1.54 bits per heavy atom. The van der Waals surface area contributed by atoms with Crippen LogP contribution in [0.2, 0.25) is 5.02 Å². The molecule has 0 fully saturated rings. The molecule has 0 saturated carbocycles. The van der Waals surface area contributed by atoms with Crippen molar-refractivity contribution in [3.8, 4) is 0 Å². The Kier molecular flexibility index (Phi) is 2.49. The molecule has 0 spiro atoms. The normalized spacial score (nSPS) is 21.3. The minimum Gasteiger partial charge on any atom is -0.388 e. The standard InChI is InChI=1S/C9H8ClFOS/c10-5-1-6-7(8(11)2-5)3-13-4-9(6)12/h1-2,9,12H,3-4H2/t9-/m1/s1. The van der Waals surface area contributed by atoms with Gasteiger partial charge in [0.05, 0.1) is 6.10 Å². The number of fused-ring (bicyclic) bond motifs is 1. The van der Waals surface area contributed by atoms with E-state index in [9.17, 15) is 9.50 Å². The monoisotopic (exact) mass is 218 g/mol. The highest BCUT2D eigenvalue weighted by molar-refractivity contribution is 7.98. The highest BCUT2D eigenvalue weighted by Crippen LogP contribution is 2.34. The van der Waals surface area contributed by atoms with Gasteiger partial charge in [-0.1, -0.05) is 11.6 Å².